The van der Waals surface area contributed by atoms with Crippen LogP contribution in [0, 0.1) is 0 Å². The van der Waals surface area contributed by atoms with Gasteiger partial charge in [0.2, 0.25) is 5.95 Å². The Labute approximate surface area is 153 Å². The van der Waals surface area contributed by atoms with E-state index in [9.17, 15) is 0 Å². The van der Waals surface area contributed by atoms with Crippen molar-refractivity contribution in [3.05, 3.63) is 47.8 Å². The number of anilines is 2. The molecule has 1 fully saturated rings. The van der Waals surface area contributed by atoms with E-state index in [2.05, 4.69) is 37.7 Å². The van der Waals surface area contributed by atoms with Gasteiger partial charge in [-0.2, -0.15) is 9.97 Å². The van der Waals surface area contributed by atoms with Crippen molar-refractivity contribution >= 4 is 28.5 Å². The molecular formula is C20H24N6. The van der Waals surface area contributed by atoms with E-state index in [1.54, 1.807) is 0 Å². The Morgan fingerprint density at radius 1 is 1.31 bits per heavy atom. The molecule has 0 aliphatic heterocycles. The minimum Gasteiger partial charge on any atom is -0.367 e. The number of allylic oxidation sites excluding steroid dienone is 5. The molecule has 2 heterocycles. The second-order valence-corrected chi connectivity index (χ2v) is 6.57. The number of nitrogens with zero attached hydrogens (tertiary/aromatic N) is 3. The SMILES string of the molecule is C/C=C1/C=C(Nc2nc(NC3CCC3)c3cc[nH]c3n2)C=CC1=NCC. The molecule has 2 aromatic rings. The largest absolute Gasteiger partial charge is 0.367 e. The number of aromatic nitrogens is 3. The molecule has 0 radical (unpaired) electrons. The van der Waals surface area contributed by atoms with Crippen LogP contribution < -0.4 is 10.6 Å². The van der Waals surface area contributed by atoms with Crippen molar-refractivity contribution in [1.29, 1.82) is 0 Å². The van der Waals surface area contributed by atoms with Crippen LogP contribution in [0.5, 0.6) is 0 Å². The Morgan fingerprint density at radius 3 is 2.92 bits per heavy atom. The summed E-state index contributed by atoms with van der Waals surface area (Å²) >= 11 is 0. The standard InChI is InChI=1S/C20H24N6/c1-3-13-12-15(8-9-17(13)21-4-2)24-20-25-18-16(10-11-22-18)19(26-20)23-14-6-5-7-14/h3,8-12,14H,4-7H2,1-2H3,(H3,22,23,24,25,26)/b13-3-,21-17?. The van der Waals surface area contributed by atoms with Gasteiger partial charge in [0.05, 0.1) is 11.1 Å². The van der Waals surface area contributed by atoms with E-state index in [1.165, 1.54) is 19.3 Å². The summed E-state index contributed by atoms with van der Waals surface area (Å²) in [6.07, 6.45) is 13.8. The van der Waals surface area contributed by atoms with Gasteiger partial charge in [0.15, 0.2) is 0 Å². The number of H-pyrrole nitrogens is 1. The number of aliphatic imine (C=N–C) groups is 1. The first-order chi connectivity index (χ1) is 12.8. The van der Waals surface area contributed by atoms with Gasteiger partial charge in [-0.25, -0.2) is 0 Å². The highest BCUT2D eigenvalue weighted by molar-refractivity contribution is 6.12. The van der Waals surface area contributed by atoms with Gasteiger partial charge in [-0.05, 0) is 63.0 Å². The zero-order valence-corrected chi connectivity index (χ0v) is 15.2. The summed E-state index contributed by atoms with van der Waals surface area (Å²) in [7, 11) is 0. The van der Waals surface area contributed by atoms with Gasteiger partial charge in [-0.1, -0.05) is 6.08 Å². The highest BCUT2D eigenvalue weighted by Gasteiger charge is 2.20. The van der Waals surface area contributed by atoms with Crippen molar-refractivity contribution in [2.45, 2.75) is 39.2 Å². The molecule has 6 heteroatoms. The van der Waals surface area contributed by atoms with Gasteiger partial charge in [-0.3, -0.25) is 4.99 Å². The quantitative estimate of drug-likeness (QED) is 0.757. The predicted molar refractivity (Wildman–Crippen MR) is 108 cm³/mol. The zero-order valence-electron chi connectivity index (χ0n) is 15.2. The van der Waals surface area contributed by atoms with E-state index in [0.717, 1.165) is 40.4 Å². The highest BCUT2D eigenvalue weighted by atomic mass is 15.2. The minimum absolute atomic E-state index is 0.520. The molecule has 0 aromatic carbocycles. The number of hydrogen-bond acceptors (Lipinski definition) is 5. The Morgan fingerprint density at radius 2 is 2.19 bits per heavy atom. The Balaban J connectivity index is 1.61. The molecule has 6 nitrogen and oxygen atoms in total. The van der Waals surface area contributed by atoms with Gasteiger partial charge in [0.1, 0.15) is 11.5 Å². The topological polar surface area (TPSA) is 78.0 Å². The molecule has 0 amide bonds. The van der Waals surface area contributed by atoms with E-state index in [4.69, 9.17) is 4.98 Å². The lowest BCUT2D eigenvalue weighted by Crippen LogP contribution is -2.27. The lowest BCUT2D eigenvalue weighted by Gasteiger charge is -2.27. The average Bonchev–Trinajstić information content (AvgIpc) is 3.08. The maximum absolute atomic E-state index is 4.72. The number of nitrogens with one attached hydrogen (secondary N) is 3. The van der Waals surface area contributed by atoms with Gasteiger partial charge < -0.3 is 15.6 Å². The van der Waals surface area contributed by atoms with Gasteiger partial charge in [0, 0.05) is 24.5 Å². The highest BCUT2D eigenvalue weighted by Crippen LogP contribution is 2.28. The van der Waals surface area contributed by atoms with Crippen molar-refractivity contribution in [2.24, 2.45) is 4.99 Å². The summed E-state index contributed by atoms with van der Waals surface area (Å²) in [5.74, 6) is 1.48. The molecule has 2 aliphatic carbocycles. The maximum atomic E-state index is 4.72. The van der Waals surface area contributed by atoms with Crippen LogP contribution in [0.3, 0.4) is 0 Å². The molecule has 26 heavy (non-hydrogen) atoms. The summed E-state index contributed by atoms with van der Waals surface area (Å²) in [6.45, 7) is 4.84. The van der Waals surface area contributed by atoms with E-state index >= 15 is 0 Å². The third kappa shape index (κ3) is 3.27. The van der Waals surface area contributed by atoms with Crippen LogP contribution in [0.2, 0.25) is 0 Å². The van der Waals surface area contributed by atoms with Crippen LogP contribution in [-0.2, 0) is 0 Å². The second-order valence-electron chi connectivity index (χ2n) is 6.57. The molecule has 0 atom stereocenters. The molecular weight excluding hydrogens is 324 g/mol. The molecule has 2 aliphatic rings. The minimum atomic E-state index is 0.520. The number of rotatable bonds is 5. The Kier molecular flexibility index (Phi) is 4.56. The van der Waals surface area contributed by atoms with E-state index in [-0.39, 0.29) is 0 Å². The molecule has 0 bridgehead atoms. The van der Waals surface area contributed by atoms with Crippen LogP contribution in [0.1, 0.15) is 33.1 Å². The van der Waals surface area contributed by atoms with Crippen molar-refractivity contribution in [3.63, 3.8) is 0 Å². The molecule has 4 rings (SSSR count). The summed E-state index contributed by atoms with van der Waals surface area (Å²) in [6, 6.07) is 2.54. The van der Waals surface area contributed by atoms with Crippen molar-refractivity contribution in [1.82, 2.24) is 15.0 Å². The first kappa shape index (κ1) is 16.6. The summed E-state index contributed by atoms with van der Waals surface area (Å²) in [5.41, 5.74) is 3.90. The molecule has 1 saturated carbocycles. The molecule has 134 valence electrons. The smallest absolute Gasteiger partial charge is 0.231 e. The zero-order chi connectivity index (χ0) is 17.9. The molecule has 0 spiro atoms. The van der Waals surface area contributed by atoms with Crippen LogP contribution >= 0.6 is 0 Å². The fourth-order valence-electron chi connectivity index (χ4n) is 3.16. The third-order valence-electron chi connectivity index (χ3n) is 4.78. The fourth-order valence-corrected chi connectivity index (χ4v) is 3.16. The Hall–Kier alpha value is -2.89. The Bertz CT molecular complexity index is 927. The number of fused-ring (bicyclic) bond motifs is 1. The molecule has 3 N–H and O–H groups in total. The first-order valence-corrected chi connectivity index (χ1v) is 9.26. The van der Waals surface area contributed by atoms with Crippen LogP contribution in [-0.4, -0.2) is 33.3 Å². The van der Waals surface area contributed by atoms with Gasteiger partial charge in [-0.15, -0.1) is 0 Å². The summed E-state index contributed by atoms with van der Waals surface area (Å²) in [5, 5.41) is 7.92. The number of hydrogen-bond donors (Lipinski definition) is 3. The van der Waals surface area contributed by atoms with E-state index in [1.807, 2.05) is 38.3 Å². The van der Waals surface area contributed by atoms with E-state index < -0.39 is 0 Å². The van der Waals surface area contributed by atoms with Crippen LogP contribution in [0.15, 0.2) is 52.8 Å². The van der Waals surface area contributed by atoms with Crippen molar-refractivity contribution < 1.29 is 0 Å². The summed E-state index contributed by atoms with van der Waals surface area (Å²) in [4.78, 5) is 17.0. The fraction of sp³-hybridized carbons (Fsp3) is 0.350. The molecule has 0 saturated heterocycles. The van der Waals surface area contributed by atoms with Crippen LogP contribution in [0.4, 0.5) is 11.8 Å². The number of aromatic amines is 1. The monoisotopic (exact) mass is 348 g/mol. The molecule has 0 unspecified atom stereocenters. The predicted octanol–water partition coefficient (Wildman–Crippen LogP) is 4.20. The lowest BCUT2D eigenvalue weighted by molar-refractivity contribution is 0.445. The average molecular weight is 348 g/mol. The second kappa shape index (κ2) is 7.15. The lowest BCUT2D eigenvalue weighted by atomic mass is 9.93. The third-order valence-corrected chi connectivity index (χ3v) is 4.78. The normalized spacial score (nSPS) is 20.5. The summed E-state index contributed by atoms with van der Waals surface area (Å²) < 4.78 is 0. The van der Waals surface area contributed by atoms with Crippen LogP contribution in [0.25, 0.3) is 11.0 Å². The van der Waals surface area contributed by atoms with Gasteiger partial charge in [0.25, 0.3) is 0 Å². The van der Waals surface area contributed by atoms with Crippen molar-refractivity contribution in [2.75, 3.05) is 17.2 Å². The van der Waals surface area contributed by atoms with Gasteiger partial charge >= 0.3 is 0 Å². The van der Waals surface area contributed by atoms with Crippen molar-refractivity contribution in [3.8, 4) is 0 Å². The van der Waals surface area contributed by atoms with E-state index in [0.29, 0.717) is 12.0 Å². The molecule has 2 aromatic heterocycles. The maximum Gasteiger partial charge on any atom is 0.231 e. The first-order valence-electron chi connectivity index (χ1n) is 9.26.